The van der Waals surface area contributed by atoms with Gasteiger partial charge < -0.3 is 20.7 Å². The molecule has 4 rings (SSSR count). The molecule has 1 aliphatic heterocycles. The summed E-state index contributed by atoms with van der Waals surface area (Å²) in [5.41, 5.74) is 11.4. The van der Waals surface area contributed by atoms with Crippen molar-refractivity contribution in [3.05, 3.63) is 70.4 Å². The Labute approximate surface area is 223 Å². The Morgan fingerprint density at radius 3 is 2.42 bits per heavy atom. The van der Waals surface area contributed by atoms with Gasteiger partial charge in [-0.1, -0.05) is 32.0 Å². The standard InChI is InChI=1S/C30H35N3O5/c1-4-19-6-8-23(20(5-2)14-19)26-16-28(38-22-7-9-24(29(31)35)27(34)15-22)25(18(3)32-26)17-33-12-10-21(11-13-33)30(36)37/h6-9,14-16,21,34H,4-5,10-13,17H2,1-3H3,(H2,31,35)(H,36,37). The summed E-state index contributed by atoms with van der Waals surface area (Å²) in [4.78, 5) is 30.1. The Kier molecular flexibility index (Phi) is 8.32. The fourth-order valence-electron chi connectivity index (χ4n) is 4.97. The van der Waals surface area contributed by atoms with Crippen LogP contribution < -0.4 is 10.5 Å². The first-order valence-electron chi connectivity index (χ1n) is 13.1. The van der Waals surface area contributed by atoms with Crippen LogP contribution in [0.25, 0.3) is 11.3 Å². The second-order valence-electron chi connectivity index (χ2n) is 9.80. The Bertz CT molecular complexity index is 1350. The van der Waals surface area contributed by atoms with E-state index in [1.807, 2.05) is 13.0 Å². The van der Waals surface area contributed by atoms with Crippen LogP contribution in [0.3, 0.4) is 0 Å². The molecule has 1 fully saturated rings. The molecule has 0 bridgehead atoms. The van der Waals surface area contributed by atoms with E-state index in [-0.39, 0.29) is 17.2 Å². The molecule has 3 aromatic rings. The van der Waals surface area contributed by atoms with Crippen LogP contribution in [0, 0.1) is 12.8 Å². The van der Waals surface area contributed by atoms with Gasteiger partial charge in [-0.3, -0.25) is 19.5 Å². The smallest absolute Gasteiger partial charge is 0.306 e. The summed E-state index contributed by atoms with van der Waals surface area (Å²) >= 11 is 0. The molecule has 38 heavy (non-hydrogen) atoms. The van der Waals surface area contributed by atoms with Crippen LogP contribution in [0.4, 0.5) is 0 Å². The van der Waals surface area contributed by atoms with Crippen LogP contribution >= 0.6 is 0 Å². The zero-order valence-corrected chi connectivity index (χ0v) is 22.2. The number of aryl methyl sites for hydroxylation is 3. The third kappa shape index (κ3) is 5.97. The molecule has 0 aliphatic carbocycles. The first-order chi connectivity index (χ1) is 18.2. The maximum absolute atomic E-state index is 11.6. The number of aliphatic carboxylic acids is 1. The second kappa shape index (κ2) is 11.6. The number of amides is 1. The summed E-state index contributed by atoms with van der Waals surface area (Å²) in [7, 11) is 0. The van der Waals surface area contributed by atoms with Gasteiger partial charge in [-0.15, -0.1) is 0 Å². The normalized spacial score (nSPS) is 14.4. The van der Waals surface area contributed by atoms with Crippen molar-refractivity contribution in [1.29, 1.82) is 0 Å². The molecule has 0 atom stereocenters. The minimum absolute atomic E-state index is 0.0223. The number of nitrogens with zero attached hydrogens (tertiary/aromatic N) is 2. The number of carboxylic acid groups (broad SMARTS) is 1. The van der Waals surface area contributed by atoms with Gasteiger partial charge in [-0.05, 0) is 69.0 Å². The van der Waals surface area contributed by atoms with Gasteiger partial charge in [0, 0.05) is 35.5 Å². The maximum atomic E-state index is 11.6. The minimum Gasteiger partial charge on any atom is -0.507 e. The molecule has 0 spiro atoms. The Morgan fingerprint density at radius 2 is 1.82 bits per heavy atom. The zero-order valence-electron chi connectivity index (χ0n) is 22.2. The lowest BCUT2D eigenvalue weighted by Gasteiger charge is -2.31. The maximum Gasteiger partial charge on any atom is 0.306 e. The number of phenols is 1. The van der Waals surface area contributed by atoms with E-state index in [1.54, 1.807) is 6.07 Å². The van der Waals surface area contributed by atoms with Gasteiger partial charge in [0.25, 0.3) is 5.91 Å². The van der Waals surface area contributed by atoms with E-state index in [0.29, 0.717) is 44.0 Å². The highest BCUT2D eigenvalue weighted by Crippen LogP contribution is 2.36. The SMILES string of the molecule is CCc1ccc(-c2cc(Oc3ccc(C(N)=O)c(O)c3)c(CN3CCC(C(=O)O)CC3)c(C)n2)c(CC)c1. The minimum atomic E-state index is -0.740. The number of ether oxygens (including phenoxy) is 1. The van der Waals surface area contributed by atoms with Crippen molar-refractivity contribution in [2.75, 3.05) is 13.1 Å². The van der Waals surface area contributed by atoms with E-state index in [0.717, 1.165) is 35.4 Å². The topological polar surface area (TPSA) is 126 Å². The molecular formula is C30H35N3O5. The number of pyridine rings is 1. The van der Waals surface area contributed by atoms with Gasteiger partial charge in [0.1, 0.15) is 17.2 Å². The Balaban J connectivity index is 1.73. The number of hydrogen-bond donors (Lipinski definition) is 3. The summed E-state index contributed by atoms with van der Waals surface area (Å²) in [5, 5.41) is 19.7. The fourth-order valence-corrected chi connectivity index (χ4v) is 4.97. The molecule has 0 saturated carbocycles. The molecular weight excluding hydrogens is 482 g/mol. The van der Waals surface area contributed by atoms with Crippen LogP contribution in [0.15, 0.2) is 42.5 Å². The molecule has 1 aromatic heterocycles. The van der Waals surface area contributed by atoms with Gasteiger partial charge >= 0.3 is 5.97 Å². The number of primary amides is 1. The number of carbonyl (C=O) groups excluding carboxylic acids is 1. The largest absolute Gasteiger partial charge is 0.507 e. The predicted molar refractivity (Wildman–Crippen MR) is 146 cm³/mol. The molecule has 0 unspecified atom stereocenters. The molecule has 0 radical (unpaired) electrons. The summed E-state index contributed by atoms with van der Waals surface area (Å²) in [6.07, 6.45) is 3.02. The Morgan fingerprint density at radius 1 is 1.08 bits per heavy atom. The molecule has 1 amide bonds. The molecule has 200 valence electrons. The lowest BCUT2D eigenvalue weighted by Crippen LogP contribution is -2.36. The molecule has 1 aliphatic rings. The monoisotopic (exact) mass is 517 g/mol. The average molecular weight is 518 g/mol. The molecule has 8 heteroatoms. The molecule has 2 heterocycles. The van der Waals surface area contributed by atoms with Crippen molar-refractivity contribution in [3.8, 4) is 28.5 Å². The van der Waals surface area contributed by atoms with Crippen molar-refractivity contribution < 1.29 is 24.5 Å². The highest BCUT2D eigenvalue weighted by Gasteiger charge is 2.26. The fraction of sp³-hybridized carbons (Fsp3) is 0.367. The van der Waals surface area contributed by atoms with Gasteiger partial charge in [-0.25, -0.2) is 0 Å². The van der Waals surface area contributed by atoms with E-state index in [4.69, 9.17) is 15.5 Å². The van der Waals surface area contributed by atoms with Gasteiger partial charge in [-0.2, -0.15) is 0 Å². The van der Waals surface area contributed by atoms with Crippen molar-refractivity contribution in [1.82, 2.24) is 9.88 Å². The number of aromatic nitrogens is 1. The molecule has 1 saturated heterocycles. The van der Waals surface area contributed by atoms with Crippen LogP contribution in [-0.4, -0.2) is 45.1 Å². The lowest BCUT2D eigenvalue weighted by molar-refractivity contribution is -0.143. The van der Waals surface area contributed by atoms with Gasteiger partial charge in [0.15, 0.2) is 0 Å². The number of carboxylic acids is 1. The van der Waals surface area contributed by atoms with E-state index in [9.17, 15) is 19.8 Å². The number of carbonyl (C=O) groups is 2. The van der Waals surface area contributed by atoms with E-state index < -0.39 is 11.9 Å². The predicted octanol–water partition coefficient (Wildman–Crippen LogP) is 5.08. The highest BCUT2D eigenvalue weighted by molar-refractivity contribution is 5.95. The quantitative estimate of drug-likeness (QED) is 0.361. The van der Waals surface area contributed by atoms with E-state index in [1.165, 1.54) is 23.3 Å². The van der Waals surface area contributed by atoms with Crippen molar-refractivity contribution >= 4 is 11.9 Å². The molecule has 4 N–H and O–H groups in total. The van der Waals surface area contributed by atoms with Crippen LogP contribution in [0.5, 0.6) is 17.2 Å². The summed E-state index contributed by atoms with van der Waals surface area (Å²) < 4.78 is 6.31. The number of likely N-dealkylation sites (tertiary alicyclic amines) is 1. The summed E-state index contributed by atoms with van der Waals surface area (Å²) in [6.45, 7) is 8.11. The number of rotatable bonds is 9. The second-order valence-corrected chi connectivity index (χ2v) is 9.80. The van der Waals surface area contributed by atoms with E-state index in [2.05, 4.69) is 36.9 Å². The van der Waals surface area contributed by atoms with Crippen LogP contribution in [0.1, 0.15) is 59.4 Å². The van der Waals surface area contributed by atoms with Crippen molar-refractivity contribution in [3.63, 3.8) is 0 Å². The van der Waals surface area contributed by atoms with Crippen molar-refractivity contribution in [2.24, 2.45) is 11.7 Å². The van der Waals surface area contributed by atoms with Gasteiger partial charge in [0.05, 0.1) is 17.2 Å². The first kappa shape index (κ1) is 27.1. The Hall–Kier alpha value is -3.91. The first-order valence-corrected chi connectivity index (χ1v) is 13.1. The van der Waals surface area contributed by atoms with Crippen LogP contribution in [0.2, 0.25) is 0 Å². The zero-order chi connectivity index (χ0) is 27.4. The third-order valence-corrected chi connectivity index (χ3v) is 7.31. The summed E-state index contributed by atoms with van der Waals surface area (Å²) in [5.74, 6) is -1.05. The number of aromatic hydroxyl groups is 1. The number of nitrogens with two attached hydrogens (primary N) is 1. The third-order valence-electron chi connectivity index (χ3n) is 7.31. The average Bonchev–Trinajstić information content (AvgIpc) is 2.90. The number of benzene rings is 2. The number of hydrogen-bond acceptors (Lipinski definition) is 6. The van der Waals surface area contributed by atoms with E-state index >= 15 is 0 Å². The summed E-state index contributed by atoms with van der Waals surface area (Å²) in [6, 6.07) is 12.8. The molecule has 8 nitrogen and oxygen atoms in total. The highest BCUT2D eigenvalue weighted by atomic mass is 16.5. The number of piperidine rings is 1. The molecule has 2 aromatic carbocycles. The van der Waals surface area contributed by atoms with Crippen LogP contribution in [-0.2, 0) is 24.2 Å². The van der Waals surface area contributed by atoms with Gasteiger partial charge in [0.2, 0.25) is 0 Å². The van der Waals surface area contributed by atoms with Crippen molar-refractivity contribution in [2.45, 2.75) is 53.0 Å². The lowest BCUT2D eigenvalue weighted by atomic mass is 9.96.